The molecule has 0 fully saturated rings. The molecule has 0 saturated carbocycles. The Morgan fingerprint density at radius 3 is 2.64 bits per heavy atom. The summed E-state index contributed by atoms with van der Waals surface area (Å²) in [6.07, 6.45) is 2.91. The van der Waals surface area contributed by atoms with E-state index in [0.29, 0.717) is 27.4 Å². The Morgan fingerprint density at radius 1 is 1.29 bits per heavy atom. The van der Waals surface area contributed by atoms with Gasteiger partial charge in [0.1, 0.15) is 11.2 Å². The summed E-state index contributed by atoms with van der Waals surface area (Å²) in [6.45, 7) is 2.39. The summed E-state index contributed by atoms with van der Waals surface area (Å²) < 4.78 is 11.8. The number of halogens is 1. The number of carbonyl (C=O) groups is 2. The average molecular weight is 425 g/mol. The largest absolute Gasteiger partial charge is 0.463 e. The Labute approximate surface area is 170 Å². The van der Waals surface area contributed by atoms with Crippen molar-refractivity contribution in [1.82, 2.24) is 9.88 Å². The van der Waals surface area contributed by atoms with Crippen molar-refractivity contribution in [3.05, 3.63) is 54.4 Å². The minimum absolute atomic E-state index is 0.210. The van der Waals surface area contributed by atoms with Gasteiger partial charge in [-0.15, -0.1) is 11.3 Å². The number of hydrogen-bond donors (Lipinski definition) is 1. The van der Waals surface area contributed by atoms with E-state index in [1.54, 1.807) is 37.3 Å². The molecular formula is C19H21ClN2O5S. The molecule has 2 rings (SSSR count). The lowest BCUT2D eigenvalue weighted by Gasteiger charge is -2.05. The van der Waals surface area contributed by atoms with E-state index in [2.05, 4.69) is 5.32 Å². The third-order valence-corrected chi connectivity index (χ3v) is 4.87. The van der Waals surface area contributed by atoms with Gasteiger partial charge >= 0.3 is 5.97 Å². The summed E-state index contributed by atoms with van der Waals surface area (Å²) in [6, 6.07) is 6.99. The smallest absolute Gasteiger partial charge is 0.333 e. The van der Waals surface area contributed by atoms with E-state index in [1.165, 1.54) is 17.8 Å². The number of methoxy groups -OCH3 is 1. The molecule has 2 aromatic rings. The predicted molar refractivity (Wildman–Crippen MR) is 109 cm³/mol. The monoisotopic (exact) mass is 424 g/mol. The molecule has 0 aliphatic heterocycles. The van der Waals surface area contributed by atoms with Crippen LogP contribution in [0.25, 0.3) is 12.2 Å². The van der Waals surface area contributed by atoms with Gasteiger partial charge in [0, 0.05) is 18.7 Å². The van der Waals surface area contributed by atoms with Crippen molar-refractivity contribution in [2.75, 3.05) is 26.9 Å². The molecule has 0 saturated heterocycles. The van der Waals surface area contributed by atoms with Crippen molar-refractivity contribution in [2.24, 2.45) is 0 Å². The Hall–Kier alpha value is -2.42. The summed E-state index contributed by atoms with van der Waals surface area (Å²) in [7, 11) is 1.53. The highest BCUT2D eigenvalue weighted by Crippen LogP contribution is 2.09. The van der Waals surface area contributed by atoms with Crippen molar-refractivity contribution < 1.29 is 19.1 Å². The zero-order valence-electron chi connectivity index (χ0n) is 15.6. The van der Waals surface area contributed by atoms with Gasteiger partial charge in [0.25, 0.3) is 5.56 Å². The number of thiazole rings is 1. The first-order valence-corrected chi connectivity index (χ1v) is 9.75. The van der Waals surface area contributed by atoms with Gasteiger partial charge in [-0.3, -0.25) is 14.2 Å². The molecule has 1 amide bonds. The fourth-order valence-electron chi connectivity index (χ4n) is 2.28. The Balaban J connectivity index is 2.44. The minimum Gasteiger partial charge on any atom is -0.463 e. The molecule has 150 valence electrons. The lowest BCUT2D eigenvalue weighted by molar-refractivity contribution is -0.135. The van der Waals surface area contributed by atoms with Crippen LogP contribution in [0.2, 0.25) is 5.02 Å². The van der Waals surface area contributed by atoms with E-state index in [4.69, 9.17) is 21.1 Å². The first-order chi connectivity index (χ1) is 13.4. The predicted octanol–water partition coefficient (Wildman–Crippen LogP) is 0.498. The molecule has 0 aliphatic carbocycles. The van der Waals surface area contributed by atoms with Gasteiger partial charge in [0.15, 0.2) is 0 Å². The molecule has 9 heteroatoms. The molecule has 28 heavy (non-hydrogen) atoms. The number of benzene rings is 1. The zero-order valence-corrected chi connectivity index (χ0v) is 17.1. The molecule has 1 heterocycles. The maximum absolute atomic E-state index is 12.8. The number of esters is 1. The van der Waals surface area contributed by atoms with Crippen LogP contribution in [0.4, 0.5) is 0 Å². The second kappa shape index (κ2) is 10.8. The van der Waals surface area contributed by atoms with Crippen molar-refractivity contribution in [1.29, 1.82) is 0 Å². The summed E-state index contributed by atoms with van der Waals surface area (Å²) in [5.74, 6) is -0.927. The first kappa shape index (κ1) is 21.9. The summed E-state index contributed by atoms with van der Waals surface area (Å²) in [5.41, 5.74) is 0.416. The number of aromatic nitrogens is 1. The molecule has 1 aromatic heterocycles. The topological polar surface area (TPSA) is 86.6 Å². The summed E-state index contributed by atoms with van der Waals surface area (Å²) in [5, 5.41) is 3.24. The van der Waals surface area contributed by atoms with Crippen LogP contribution in [0.15, 0.2) is 29.1 Å². The molecule has 0 atom stereocenters. The highest BCUT2D eigenvalue weighted by molar-refractivity contribution is 7.07. The molecule has 0 spiro atoms. The lowest BCUT2D eigenvalue weighted by atomic mass is 10.2. The van der Waals surface area contributed by atoms with Crippen molar-refractivity contribution in [3.8, 4) is 0 Å². The van der Waals surface area contributed by atoms with Crippen LogP contribution < -0.4 is 20.1 Å². The molecule has 0 radical (unpaired) electrons. The Morgan fingerprint density at radius 2 is 2.00 bits per heavy atom. The highest BCUT2D eigenvalue weighted by atomic mass is 35.5. The van der Waals surface area contributed by atoms with Gasteiger partial charge in [-0.1, -0.05) is 23.7 Å². The number of carbonyl (C=O) groups excluding carboxylic acids is 2. The number of nitrogens with one attached hydrogen (secondary N) is 1. The molecule has 0 bridgehead atoms. The van der Waals surface area contributed by atoms with E-state index in [9.17, 15) is 14.4 Å². The number of ether oxygens (including phenoxy) is 2. The second-order valence-electron chi connectivity index (χ2n) is 5.63. The molecule has 7 nitrogen and oxygen atoms in total. The minimum atomic E-state index is -0.574. The lowest BCUT2D eigenvalue weighted by Crippen LogP contribution is -2.39. The van der Waals surface area contributed by atoms with Gasteiger partial charge in [-0.25, -0.2) is 4.79 Å². The zero-order chi connectivity index (χ0) is 20.5. The standard InChI is InChI=1S/C19H21ClN2O5S/c1-3-27-18(24)11-17-22(12-16(23)21-8-9-26-2)19(25)15(28-17)10-13-4-6-14(20)7-5-13/h4-7,10-11H,3,8-9,12H2,1-2H3,(H,21,23). The Bertz CT molecular complexity index is 995. The van der Waals surface area contributed by atoms with Crippen LogP contribution in [-0.2, 0) is 25.6 Å². The number of nitrogens with zero attached hydrogens (tertiary/aromatic N) is 1. The summed E-state index contributed by atoms with van der Waals surface area (Å²) in [4.78, 5) is 36.8. The normalized spacial score (nSPS) is 12.2. The fraction of sp³-hybridized carbons (Fsp3) is 0.316. The van der Waals surface area contributed by atoms with Crippen LogP contribution >= 0.6 is 22.9 Å². The van der Waals surface area contributed by atoms with Gasteiger partial charge < -0.3 is 14.8 Å². The number of hydrogen-bond acceptors (Lipinski definition) is 6. The van der Waals surface area contributed by atoms with Crippen LogP contribution in [0, 0.1) is 0 Å². The van der Waals surface area contributed by atoms with Gasteiger partial charge in [0.05, 0.1) is 23.8 Å². The highest BCUT2D eigenvalue weighted by Gasteiger charge is 2.11. The van der Waals surface area contributed by atoms with E-state index in [0.717, 1.165) is 16.9 Å². The third-order valence-electron chi connectivity index (χ3n) is 3.56. The van der Waals surface area contributed by atoms with Crippen LogP contribution in [0.3, 0.4) is 0 Å². The Kier molecular flexibility index (Phi) is 8.43. The van der Waals surface area contributed by atoms with E-state index < -0.39 is 5.97 Å². The third kappa shape index (κ3) is 6.33. The number of amides is 1. The van der Waals surface area contributed by atoms with Crippen molar-refractivity contribution >= 4 is 47.0 Å². The maximum atomic E-state index is 12.8. The second-order valence-corrected chi connectivity index (χ2v) is 7.13. The molecule has 1 N–H and O–H groups in total. The van der Waals surface area contributed by atoms with Crippen LogP contribution in [0.1, 0.15) is 12.5 Å². The van der Waals surface area contributed by atoms with Crippen LogP contribution in [0.5, 0.6) is 0 Å². The molecule has 0 unspecified atom stereocenters. The first-order valence-electron chi connectivity index (χ1n) is 8.55. The van der Waals surface area contributed by atoms with E-state index >= 15 is 0 Å². The van der Waals surface area contributed by atoms with Gasteiger partial charge in [-0.05, 0) is 30.7 Å². The maximum Gasteiger partial charge on any atom is 0.333 e. The summed E-state index contributed by atoms with van der Waals surface area (Å²) >= 11 is 7.00. The van der Waals surface area contributed by atoms with E-state index in [1.807, 2.05) is 0 Å². The molecule has 1 aromatic carbocycles. The van der Waals surface area contributed by atoms with Crippen molar-refractivity contribution in [2.45, 2.75) is 13.5 Å². The van der Waals surface area contributed by atoms with Crippen LogP contribution in [-0.4, -0.2) is 43.3 Å². The van der Waals surface area contributed by atoms with Crippen molar-refractivity contribution in [3.63, 3.8) is 0 Å². The fourth-order valence-corrected chi connectivity index (χ4v) is 3.44. The quantitative estimate of drug-likeness (QED) is 0.492. The molecule has 0 aliphatic rings. The average Bonchev–Trinajstić information content (AvgIpc) is 2.92. The van der Waals surface area contributed by atoms with E-state index in [-0.39, 0.29) is 24.6 Å². The molecular weight excluding hydrogens is 404 g/mol. The van der Waals surface area contributed by atoms with Gasteiger partial charge in [0.2, 0.25) is 5.91 Å². The van der Waals surface area contributed by atoms with Gasteiger partial charge in [-0.2, -0.15) is 0 Å². The SMILES string of the molecule is CCOC(=O)C=c1sc(=Cc2ccc(Cl)cc2)c(=O)n1CC(=O)NCCOC. The number of rotatable bonds is 8.